The Morgan fingerprint density at radius 2 is 2.11 bits per heavy atom. The van der Waals surface area contributed by atoms with Gasteiger partial charge in [-0.25, -0.2) is 0 Å². The van der Waals surface area contributed by atoms with Crippen LogP contribution in [0.1, 0.15) is 13.8 Å². The second-order valence-corrected chi connectivity index (χ2v) is 8.07. The Hall–Kier alpha value is -1.89. The highest BCUT2D eigenvalue weighted by Gasteiger charge is 2.36. The molecule has 0 spiro atoms. The third-order valence-electron chi connectivity index (χ3n) is 4.83. The van der Waals surface area contributed by atoms with Gasteiger partial charge in [0.1, 0.15) is 5.75 Å². The monoisotopic (exact) mass is 393 g/mol. The summed E-state index contributed by atoms with van der Waals surface area (Å²) in [5.41, 5.74) is 0. The average molecular weight is 394 g/mol. The minimum Gasteiger partial charge on any atom is -0.496 e. The van der Waals surface area contributed by atoms with Crippen molar-refractivity contribution in [2.24, 2.45) is 22.7 Å². The molecule has 1 saturated heterocycles. The molecule has 0 amide bonds. The summed E-state index contributed by atoms with van der Waals surface area (Å²) >= 11 is 1.80. The Morgan fingerprint density at radius 1 is 1.37 bits per heavy atom. The molecule has 1 aliphatic heterocycles. The summed E-state index contributed by atoms with van der Waals surface area (Å²) in [4.78, 5) is 19.6. The van der Waals surface area contributed by atoms with Crippen LogP contribution >= 0.6 is 11.8 Å². The number of carbonyl (C=O) groups is 1. The number of methoxy groups -OCH3 is 2. The van der Waals surface area contributed by atoms with E-state index < -0.39 is 0 Å². The first-order valence-electron chi connectivity index (χ1n) is 9.29. The van der Waals surface area contributed by atoms with Crippen LogP contribution in [0, 0.1) is 17.8 Å². The minimum absolute atomic E-state index is 0.0907. The van der Waals surface area contributed by atoms with Gasteiger partial charge < -0.3 is 19.7 Å². The van der Waals surface area contributed by atoms with E-state index in [0.29, 0.717) is 12.5 Å². The molecule has 0 saturated carbocycles. The molecule has 1 aliphatic rings. The van der Waals surface area contributed by atoms with Crippen LogP contribution in [0.2, 0.25) is 0 Å². The molecule has 3 atom stereocenters. The predicted octanol–water partition coefficient (Wildman–Crippen LogP) is 2.74. The number of ether oxygens (including phenoxy) is 2. The third-order valence-corrected chi connectivity index (χ3v) is 6.21. The predicted molar refractivity (Wildman–Crippen MR) is 110 cm³/mol. The van der Waals surface area contributed by atoms with Gasteiger partial charge >= 0.3 is 5.97 Å². The zero-order valence-corrected chi connectivity index (χ0v) is 17.7. The molecule has 2 rings (SSSR count). The first kappa shape index (κ1) is 21.4. The third kappa shape index (κ3) is 5.79. The molecule has 3 unspecified atom stereocenters. The van der Waals surface area contributed by atoms with Crippen LogP contribution in [-0.2, 0) is 9.53 Å². The Morgan fingerprint density at radius 3 is 2.78 bits per heavy atom. The molecule has 0 radical (unpaired) electrons. The lowest BCUT2D eigenvalue weighted by atomic mass is 9.99. The molecule has 1 aromatic carbocycles. The van der Waals surface area contributed by atoms with Crippen LogP contribution in [0.4, 0.5) is 0 Å². The number of likely N-dealkylation sites (tertiary alicyclic amines) is 1. The first-order chi connectivity index (χ1) is 13.0. The summed E-state index contributed by atoms with van der Waals surface area (Å²) in [7, 11) is 4.94. The number of nitrogens with zero attached hydrogens (tertiary/aromatic N) is 2. The molecule has 1 fully saturated rings. The number of guanidine groups is 1. The normalized spacial score (nSPS) is 21.1. The second-order valence-electron chi connectivity index (χ2n) is 7.01. The summed E-state index contributed by atoms with van der Waals surface area (Å²) < 4.78 is 10.3. The topological polar surface area (TPSA) is 63.2 Å². The molecule has 6 nitrogen and oxygen atoms in total. The molecular weight excluding hydrogens is 362 g/mol. The van der Waals surface area contributed by atoms with Crippen molar-refractivity contribution in [3.63, 3.8) is 0 Å². The van der Waals surface area contributed by atoms with Gasteiger partial charge in [-0.1, -0.05) is 26.0 Å². The molecule has 27 heavy (non-hydrogen) atoms. The first-order valence-corrected chi connectivity index (χ1v) is 10.3. The van der Waals surface area contributed by atoms with Crippen molar-refractivity contribution < 1.29 is 14.3 Å². The number of nitrogens with one attached hydrogen (secondary N) is 1. The van der Waals surface area contributed by atoms with E-state index in [1.54, 1.807) is 25.9 Å². The van der Waals surface area contributed by atoms with Crippen LogP contribution < -0.4 is 10.1 Å². The number of benzene rings is 1. The zero-order valence-electron chi connectivity index (χ0n) is 16.9. The Bertz CT molecular complexity index is 653. The van der Waals surface area contributed by atoms with Crippen molar-refractivity contribution in [3.8, 4) is 5.75 Å². The lowest BCUT2D eigenvalue weighted by Crippen LogP contribution is -2.42. The number of hydrogen-bond donors (Lipinski definition) is 1. The summed E-state index contributed by atoms with van der Waals surface area (Å²) in [6.45, 7) is 6.58. The molecule has 7 heteroatoms. The fourth-order valence-corrected chi connectivity index (χ4v) is 4.28. The van der Waals surface area contributed by atoms with Crippen LogP contribution in [0.15, 0.2) is 34.2 Å². The lowest BCUT2D eigenvalue weighted by Gasteiger charge is -2.23. The van der Waals surface area contributed by atoms with E-state index in [4.69, 9.17) is 9.47 Å². The SMILES string of the molecule is CN=C(NCC(C)CSc1ccccc1OC)N1CC(C)C(C(=O)OC)C1. The standard InChI is InChI=1S/C20H31N3O3S/c1-14(13-27-18-9-7-6-8-17(18)25-4)10-22-20(21-3)23-11-15(2)16(12-23)19(24)26-5/h6-9,14-16H,10-13H2,1-5H3,(H,21,22). The van der Waals surface area contributed by atoms with Gasteiger partial charge in [0.15, 0.2) is 5.96 Å². The number of aliphatic imine (C=N–C) groups is 1. The van der Waals surface area contributed by atoms with Crippen molar-refractivity contribution in [1.82, 2.24) is 10.2 Å². The minimum atomic E-state index is -0.137. The van der Waals surface area contributed by atoms with Gasteiger partial charge in [0.05, 0.1) is 20.1 Å². The van der Waals surface area contributed by atoms with Gasteiger partial charge in [-0.2, -0.15) is 0 Å². The van der Waals surface area contributed by atoms with Crippen molar-refractivity contribution in [3.05, 3.63) is 24.3 Å². The van der Waals surface area contributed by atoms with Crippen LogP contribution in [0.5, 0.6) is 5.75 Å². The number of rotatable bonds is 7. The Labute approximate surface area is 166 Å². The van der Waals surface area contributed by atoms with Crippen molar-refractivity contribution >= 4 is 23.7 Å². The number of esters is 1. The highest BCUT2D eigenvalue weighted by atomic mass is 32.2. The van der Waals surface area contributed by atoms with Gasteiger partial charge in [0, 0.05) is 37.3 Å². The summed E-state index contributed by atoms with van der Waals surface area (Å²) in [5, 5.41) is 3.45. The van der Waals surface area contributed by atoms with Crippen molar-refractivity contribution in [2.75, 3.05) is 46.7 Å². The maximum absolute atomic E-state index is 11.9. The maximum Gasteiger partial charge on any atom is 0.310 e. The molecule has 0 aliphatic carbocycles. The number of para-hydroxylation sites is 1. The van der Waals surface area contributed by atoms with Crippen LogP contribution in [0.3, 0.4) is 0 Å². The molecule has 1 heterocycles. The van der Waals surface area contributed by atoms with E-state index in [1.165, 1.54) is 7.11 Å². The number of carbonyl (C=O) groups excluding carboxylic acids is 1. The van der Waals surface area contributed by atoms with Crippen molar-refractivity contribution in [1.29, 1.82) is 0 Å². The second kappa shape index (κ2) is 10.4. The highest BCUT2D eigenvalue weighted by molar-refractivity contribution is 7.99. The van der Waals surface area contributed by atoms with E-state index in [9.17, 15) is 4.79 Å². The van der Waals surface area contributed by atoms with Gasteiger partial charge in [-0.05, 0) is 24.0 Å². The quantitative estimate of drug-likeness (QED) is 0.333. The van der Waals surface area contributed by atoms with E-state index in [0.717, 1.165) is 35.4 Å². The molecule has 0 aromatic heterocycles. The van der Waals surface area contributed by atoms with Gasteiger partial charge in [-0.15, -0.1) is 11.8 Å². The van der Waals surface area contributed by atoms with Crippen LogP contribution in [-0.4, -0.2) is 63.5 Å². The Kier molecular flexibility index (Phi) is 8.28. The smallest absolute Gasteiger partial charge is 0.310 e. The van der Waals surface area contributed by atoms with E-state index >= 15 is 0 Å². The molecule has 1 N–H and O–H groups in total. The zero-order chi connectivity index (χ0) is 19.8. The number of thioether (sulfide) groups is 1. The van der Waals surface area contributed by atoms with Gasteiger partial charge in [0.2, 0.25) is 0 Å². The van der Waals surface area contributed by atoms with E-state index in [2.05, 4.69) is 35.1 Å². The lowest BCUT2D eigenvalue weighted by molar-refractivity contribution is -0.145. The number of hydrogen-bond acceptors (Lipinski definition) is 5. The molecule has 1 aromatic rings. The summed E-state index contributed by atoms with van der Waals surface area (Å²) in [6.07, 6.45) is 0. The maximum atomic E-state index is 11.9. The van der Waals surface area contributed by atoms with Gasteiger partial charge in [0.25, 0.3) is 0 Å². The fourth-order valence-electron chi connectivity index (χ4n) is 3.22. The average Bonchev–Trinajstić information content (AvgIpc) is 3.07. The largest absolute Gasteiger partial charge is 0.496 e. The fraction of sp³-hybridized carbons (Fsp3) is 0.600. The van der Waals surface area contributed by atoms with Crippen molar-refractivity contribution in [2.45, 2.75) is 18.7 Å². The van der Waals surface area contributed by atoms with Crippen LogP contribution in [0.25, 0.3) is 0 Å². The molecule has 150 valence electrons. The summed E-state index contributed by atoms with van der Waals surface area (Å²) in [5.74, 6) is 3.23. The van der Waals surface area contributed by atoms with Gasteiger partial charge in [-0.3, -0.25) is 9.79 Å². The highest BCUT2D eigenvalue weighted by Crippen LogP contribution is 2.30. The van der Waals surface area contributed by atoms with E-state index in [-0.39, 0.29) is 17.8 Å². The summed E-state index contributed by atoms with van der Waals surface area (Å²) in [6, 6.07) is 8.08. The Balaban J connectivity index is 1.83. The van der Waals surface area contributed by atoms with E-state index in [1.807, 2.05) is 18.2 Å². The molecule has 0 bridgehead atoms. The molecular formula is C20H31N3O3S.